The van der Waals surface area contributed by atoms with Crippen molar-refractivity contribution in [1.29, 1.82) is 0 Å². The summed E-state index contributed by atoms with van der Waals surface area (Å²) in [5.41, 5.74) is 7.30. The molecule has 0 aliphatic heterocycles. The van der Waals surface area contributed by atoms with Crippen LogP contribution in [0.2, 0.25) is 0 Å². The van der Waals surface area contributed by atoms with Crippen molar-refractivity contribution >= 4 is 18.3 Å². The van der Waals surface area contributed by atoms with Crippen molar-refractivity contribution in [2.24, 2.45) is 11.1 Å². The Morgan fingerprint density at radius 3 is 2.46 bits per heavy atom. The van der Waals surface area contributed by atoms with Gasteiger partial charge in [-0.05, 0) is 43.2 Å². The fraction of sp³-hybridized carbons (Fsp3) is 0.667. The van der Waals surface area contributed by atoms with Gasteiger partial charge in [0.25, 0.3) is 0 Å². The molecule has 2 rings (SSSR count). The van der Waals surface area contributed by atoms with Gasteiger partial charge in [-0.15, -0.1) is 12.4 Å². The van der Waals surface area contributed by atoms with E-state index >= 15 is 0 Å². The number of ether oxygens (including phenoxy) is 1. The molecule has 1 fully saturated rings. The molecule has 2 N–H and O–H groups in total. The predicted molar refractivity (Wildman–Crippen MR) is 109 cm³/mol. The van der Waals surface area contributed by atoms with Gasteiger partial charge in [0.1, 0.15) is 0 Å². The Morgan fingerprint density at radius 1 is 1.15 bits per heavy atom. The zero-order valence-corrected chi connectivity index (χ0v) is 16.9. The molecule has 0 spiro atoms. The van der Waals surface area contributed by atoms with E-state index in [0.29, 0.717) is 19.5 Å². The Kier molecular flexibility index (Phi) is 10.9. The van der Waals surface area contributed by atoms with Gasteiger partial charge >= 0.3 is 0 Å². The van der Waals surface area contributed by atoms with E-state index in [9.17, 15) is 4.79 Å². The third kappa shape index (κ3) is 7.26. The molecular formula is C21H35ClN2O2. The number of nitrogens with zero attached hydrogens (tertiary/aromatic N) is 1. The molecule has 0 saturated heterocycles. The van der Waals surface area contributed by atoms with Crippen LogP contribution in [0.25, 0.3) is 0 Å². The van der Waals surface area contributed by atoms with Crippen LogP contribution in [0.4, 0.5) is 0 Å². The summed E-state index contributed by atoms with van der Waals surface area (Å²) in [4.78, 5) is 15.1. The van der Waals surface area contributed by atoms with Crippen molar-refractivity contribution in [2.45, 2.75) is 57.9 Å². The van der Waals surface area contributed by atoms with Crippen LogP contribution in [-0.4, -0.2) is 37.6 Å². The molecule has 148 valence electrons. The van der Waals surface area contributed by atoms with Gasteiger partial charge in [-0.25, -0.2) is 0 Å². The summed E-state index contributed by atoms with van der Waals surface area (Å²) in [5, 5.41) is 0. The summed E-state index contributed by atoms with van der Waals surface area (Å²) < 4.78 is 5.14. The standard InChI is InChI=1S/C21H34N2O2.ClH/c1-25-15-9-8-14-23(17-19-10-4-2-5-11-19)20(24)16-21(18-22)12-6-3-7-13-21;/h2,4-5,10-11H,3,6-9,12-18,22H2,1H3;1H. The van der Waals surface area contributed by atoms with E-state index < -0.39 is 0 Å². The zero-order valence-electron chi connectivity index (χ0n) is 16.1. The SMILES string of the molecule is COCCCCN(Cc1ccccc1)C(=O)CC1(CN)CCCCC1.Cl. The van der Waals surface area contributed by atoms with E-state index in [1.807, 2.05) is 23.1 Å². The molecule has 1 saturated carbocycles. The van der Waals surface area contributed by atoms with Gasteiger partial charge in [0.2, 0.25) is 5.91 Å². The maximum absolute atomic E-state index is 13.1. The van der Waals surface area contributed by atoms with Gasteiger partial charge in [-0.3, -0.25) is 4.79 Å². The first kappa shape index (κ1) is 22.9. The minimum absolute atomic E-state index is 0. The highest BCUT2D eigenvalue weighted by Gasteiger charge is 2.34. The Balaban J connectivity index is 0.00000338. The molecule has 0 bridgehead atoms. The average molecular weight is 383 g/mol. The van der Waals surface area contributed by atoms with Crippen LogP contribution in [0.15, 0.2) is 30.3 Å². The number of methoxy groups -OCH3 is 1. The van der Waals surface area contributed by atoms with Crippen molar-refractivity contribution in [1.82, 2.24) is 4.90 Å². The second kappa shape index (κ2) is 12.3. The van der Waals surface area contributed by atoms with Crippen molar-refractivity contribution < 1.29 is 9.53 Å². The van der Waals surface area contributed by atoms with Crippen molar-refractivity contribution in [2.75, 3.05) is 26.8 Å². The largest absolute Gasteiger partial charge is 0.385 e. The fourth-order valence-corrected chi connectivity index (χ4v) is 3.83. The maximum Gasteiger partial charge on any atom is 0.223 e. The maximum atomic E-state index is 13.1. The van der Waals surface area contributed by atoms with E-state index in [2.05, 4.69) is 12.1 Å². The third-order valence-electron chi connectivity index (χ3n) is 5.47. The molecular weight excluding hydrogens is 348 g/mol. The summed E-state index contributed by atoms with van der Waals surface area (Å²) in [6.07, 6.45) is 8.44. The van der Waals surface area contributed by atoms with Crippen LogP contribution in [-0.2, 0) is 16.1 Å². The van der Waals surface area contributed by atoms with E-state index in [1.165, 1.54) is 24.8 Å². The number of unbranched alkanes of at least 4 members (excludes halogenated alkanes) is 1. The van der Waals surface area contributed by atoms with E-state index in [0.717, 1.165) is 38.8 Å². The lowest BCUT2D eigenvalue weighted by atomic mass is 9.71. The topological polar surface area (TPSA) is 55.6 Å². The molecule has 0 aromatic heterocycles. The second-order valence-corrected chi connectivity index (χ2v) is 7.44. The number of nitrogens with two attached hydrogens (primary N) is 1. The van der Waals surface area contributed by atoms with Gasteiger partial charge in [-0.1, -0.05) is 49.6 Å². The number of carbonyl (C=O) groups is 1. The van der Waals surface area contributed by atoms with Crippen LogP contribution in [0, 0.1) is 5.41 Å². The van der Waals surface area contributed by atoms with Crippen LogP contribution in [0.5, 0.6) is 0 Å². The summed E-state index contributed by atoms with van der Waals surface area (Å²) in [6, 6.07) is 10.3. The van der Waals surface area contributed by atoms with Crippen molar-refractivity contribution in [3.8, 4) is 0 Å². The molecule has 1 aliphatic rings. The molecule has 5 heteroatoms. The molecule has 1 amide bonds. The molecule has 26 heavy (non-hydrogen) atoms. The average Bonchev–Trinajstić information content (AvgIpc) is 2.65. The zero-order chi connectivity index (χ0) is 18.0. The molecule has 0 unspecified atom stereocenters. The van der Waals surface area contributed by atoms with Crippen LogP contribution < -0.4 is 5.73 Å². The first-order valence-electron chi connectivity index (χ1n) is 9.70. The highest BCUT2D eigenvalue weighted by molar-refractivity contribution is 5.85. The van der Waals surface area contributed by atoms with Gasteiger partial charge in [0.15, 0.2) is 0 Å². The predicted octanol–water partition coefficient (Wildman–Crippen LogP) is 4.16. The summed E-state index contributed by atoms with van der Waals surface area (Å²) in [7, 11) is 1.72. The minimum Gasteiger partial charge on any atom is -0.385 e. The summed E-state index contributed by atoms with van der Waals surface area (Å²) in [6.45, 7) is 2.85. The molecule has 1 aromatic carbocycles. The van der Waals surface area contributed by atoms with Gasteiger partial charge in [0, 0.05) is 33.2 Å². The van der Waals surface area contributed by atoms with Gasteiger partial charge < -0.3 is 15.4 Å². The second-order valence-electron chi connectivity index (χ2n) is 7.44. The van der Waals surface area contributed by atoms with E-state index in [1.54, 1.807) is 7.11 Å². The number of hydrogen-bond donors (Lipinski definition) is 1. The third-order valence-corrected chi connectivity index (χ3v) is 5.47. The number of benzene rings is 1. The first-order valence-corrected chi connectivity index (χ1v) is 9.70. The van der Waals surface area contributed by atoms with Crippen LogP contribution in [0.1, 0.15) is 56.9 Å². The fourth-order valence-electron chi connectivity index (χ4n) is 3.83. The minimum atomic E-state index is 0. The van der Waals surface area contributed by atoms with E-state index in [4.69, 9.17) is 10.5 Å². The molecule has 1 aliphatic carbocycles. The Morgan fingerprint density at radius 2 is 1.85 bits per heavy atom. The number of carbonyl (C=O) groups excluding carboxylic acids is 1. The van der Waals surface area contributed by atoms with Crippen LogP contribution >= 0.6 is 12.4 Å². The molecule has 0 heterocycles. The summed E-state index contributed by atoms with van der Waals surface area (Å²) in [5.74, 6) is 0.258. The lowest BCUT2D eigenvalue weighted by Gasteiger charge is -2.37. The first-order chi connectivity index (χ1) is 12.2. The lowest BCUT2D eigenvalue weighted by Crippen LogP contribution is -2.40. The normalized spacial score (nSPS) is 15.9. The van der Waals surface area contributed by atoms with Gasteiger partial charge in [-0.2, -0.15) is 0 Å². The van der Waals surface area contributed by atoms with Gasteiger partial charge in [0.05, 0.1) is 0 Å². The number of amides is 1. The Labute approximate surface area is 164 Å². The summed E-state index contributed by atoms with van der Waals surface area (Å²) >= 11 is 0. The number of rotatable bonds is 10. The Hall–Kier alpha value is -1.10. The number of hydrogen-bond acceptors (Lipinski definition) is 3. The monoisotopic (exact) mass is 382 g/mol. The number of halogens is 1. The van der Waals surface area contributed by atoms with Crippen molar-refractivity contribution in [3.05, 3.63) is 35.9 Å². The lowest BCUT2D eigenvalue weighted by molar-refractivity contribution is -0.135. The highest BCUT2D eigenvalue weighted by Crippen LogP contribution is 2.38. The molecule has 4 nitrogen and oxygen atoms in total. The van der Waals surface area contributed by atoms with Crippen molar-refractivity contribution in [3.63, 3.8) is 0 Å². The smallest absolute Gasteiger partial charge is 0.223 e. The Bertz CT molecular complexity index is 504. The van der Waals surface area contributed by atoms with E-state index in [-0.39, 0.29) is 23.7 Å². The highest BCUT2D eigenvalue weighted by atomic mass is 35.5. The molecule has 0 atom stereocenters. The quantitative estimate of drug-likeness (QED) is 0.618. The molecule has 1 aromatic rings. The molecule has 0 radical (unpaired) electrons. The van der Waals surface area contributed by atoms with Crippen LogP contribution in [0.3, 0.4) is 0 Å².